The van der Waals surface area contributed by atoms with E-state index in [2.05, 4.69) is 4.98 Å². The summed E-state index contributed by atoms with van der Waals surface area (Å²) < 4.78 is 23.6. The Morgan fingerprint density at radius 1 is 1.61 bits per heavy atom. The number of hydrogen-bond donors (Lipinski definition) is 1. The number of pyridine rings is 1. The van der Waals surface area contributed by atoms with Crippen molar-refractivity contribution in [2.24, 2.45) is 5.73 Å². The molecule has 2 N–H and O–H groups in total. The highest BCUT2D eigenvalue weighted by molar-refractivity contribution is 8.01. The maximum Gasteiger partial charge on any atom is 0.169 e. The molecule has 2 rings (SSSR count). The molecule has 1 fully saturated rings. The van der Waals surface area contributed by atoms with Crippen LogP contribution in [-0.2, 0) is 16.4 Å². The fraction of sp³-hybridized carbons (Fsp3) is 0.545. The number of hydrogen-bond acceptors (Lipinski definition) is 6. The molecule has 0 bridgehead atoms. The summed E-state index contributed by atoms with van der Waals surface area (Å²) in [4.78, 5) is 6.14. The van der Waals surface area contributed by atoms with Crippen molar-refractivity contribution in [2.75, 3.05) is 29.2 Å². The lowest BCUT2D eigenvalue weighted by Crippen LogP contribution is -2.47. The van der Waals surface area contributed by atoms with Crippen LogP contribution in [0.5, 0.6) is 0 Å². The second-order valence-corrected chi connectivity index (χ2v) is 7.63. The van der Waals surface area contributed by atoms with E-state index in [-0.39, 0.29) is 0 Å². The quantitative estimate of drug-likeness (QED) is 0.870. The second kappa shape index (κ2) is 5.46. The number of thioether (sulfide) groups is 1. The maximum atomic E-state index is 11.8. The SMILES string of the molecule is CS(=O)(=O)C1CSCCN1c1cc(CN)ccn1. The summed E-state index contributed by atoms with van der Waals surface area (Å²) in [5.41, 5.74) is 6.56. The van der Waals surface area contributed by atoms with Crippen LogP contribution in [0.2, 0.25) is 0 Å². The predicted octanol–water partition coefficient (Wildman–Crippen LogP) is 0.464. The molecule has 100 valence electrons. The summed E-state index contributed by atoms with van der Waals surface area (Å²) in [7, 11) is -3.11. The Morgan fingerprint density at radius 2 is 2.39 bits per heavy atom. The second-order valence-electron chi connectivity index (χ2n) is 4.28. The first-order valence-corrected chi connectivity index (χ1v) is 8.81. The molecule has 1 atom stereocenters. The Morgan fingerprint density at radius 3 is 3.06 bits per heavy atom. The van der Waals surface area contributed by atoms with Crippen molar-refractivity contribution in [3.05, 3.63) is 23.9 Å². The van der Waals surface area contributed by atoms with E-state index >= 15 is 0 Å². The van der Waals surface area contributed by atoms with Crippen LogP contribution in [0.3, 0.4) is 0 Å². The van der Waals surface area contributed by atoms with Crippen LogP contribution in [-0.4, -0.2) is 43.1 Å². The van der Waals surface area contributed by atoms with Gasteiger partial charge >= 0.3 is 0 Å². The molecular formula is C11H17N3O2S2. The average molecular weight is 287 g/mol. The monoisotopic (exact) mass is 287 g/mol. The minimum atomic E-state index is -3.11. The number of rotatable bonds is 3. The maximum absolute atomic E-state index is 11.8. The van der Waals surface area contributed by atoms with Gasteiger partial charge in [-0.05, 0) is 17.7 Å². The number of nitrogens with two attached hydrogens (primary N) is 1. The summed E-state index contributed by atoms with van der Waals surface area (Å²) in [6.07, 6.45) is 2.96. The molecule has 1 saturated heterocycles. The topological polar surface area (TPSA) is 76.3 Å². The lowest BCUT2D eigenvalue weighted by atomic mass is 10.2. The molecule has 0 amide bonds. The zero-order valence-electron chi connectivity index (χ0n) is 10.2. The van der Waals surface area contributed by atoms with Crippen LogP contribution < -0.4 is 10.6 Å². The minimum Gasteiger partial charge on any atom is -0.338 e. The molecule has 7 heteroatoms. The largest absolute Gasteiger partial charge is 0.338 e. The van der Waals surface area contributed by atoms with E-state index < -0.39 is 15.2 Å². The molecule has 1 aliphatic heterocycles. The molecular weight excluding hydrogens is 270 g/mol. The van der Waals surface area contributed by atoms with E-state index in [0.29, 0.717) is 24.7 Å². The molecule has 5 nitrogen and oxygen atoms in total. The van der Waals surface area contributed by atoms with Gasteiger partial charge in [0.2, 0.25) is 0 Å². The molecule has 1 aliphatic rings. The number of anilines is 1. The van der Waals surface area contributed by atoms with E-state index in [1.807, 2.05) is 17.0 Å². The molecule has 1 unspecified atom stereocenters. The van der Waals surface area contributed by atoms with Crippen LogP contribution in [0.15, 0.2) is 18.3 Å². The number of sulfone groups is 1. The smallest absolute Gasteiger partial charge is 0.169 e. The Labute approximate surface area is 112 Å². The van der Waals surface area contributed by atoms with Crippen molar-refractivity contribution in [2.45, 2.75) is 11.9 Å². The average Bonchev–Trinajstić information content (AvgIpc) is 2.38. The molecule has 2 heterocycles. The van der Waals surface area contributed by atoms with Crippen LogP contribution in [0.25, 0.3) is 0 Å². The first kappa shape index (κ1) is 13.6. The van der Waals surface area contributed by atoms with Crippen molar-refractivity contribution in [3.63, 3.8) is 0 Å². The van der Waals surface area contributed by atoms with Gasteiger partial charge in [0.25, 0.3) is 0 Å². The summed E-state index contributed by atoms with van der Waals surface area (Å²) in [6, 6.07) is 3.71. The van der Waals surface area contributed by atoms with E-state index in [9.17, 15) is 8.42 Å². The van der Waals surface area contributed by atoms with E-state index in [4.69, 9.17) is 5.73 Å². The number of aromatic nitrogens is 1. The fourth-order valence-electron chi connectivity index (χ4n) is 1.94. The number of nitrogens with zero attached hydrogens (tertiary/aromatic N) is 2. The van der Waals surface area contributed by atoms with Gasteiger partial charge in [0.05, 0.1) is 0 Å². The van der Waals surface area contributed by atoms with Gasteiger partial charge in [0.15, 0.2) is 9.84 Å². The molecule has 0 spiro atoms. The van der Waals surface area contributed by atoms with Crippen molar-refractivity contribution in [1.29, 1.82) is 0 Å². The summed E-state index contributed by atoms with van der Waals surface area (Å²) in [6.45, 7) is 1.13. The minimum absolute atomic E-state index is 0.432. The van der Waals surface area contributed by atoms with Crippen molar-refractivity contribution in [1.82, 2.24) is 4.98 Å². The third-order valence-corrected chi connectivity index (χ3v) is 5.56. The van der Waals surface area contributed by atoms with Gasteiger partial charge in [-0.2, -0.15) is 11.8 Å². The van der Waals surface area contributed by atoms with E-state index in [1.54, 1.807) is 18.0 Å². The Kier molecular flexibility index (Phi) is 4.14. The van der Waals surface area contributed by atoms with Crippen LogP contribution in [0, 0.1) is 0 Å². The van der Waals surface area contributed by atoms with Gasteiger partial charge in [-0.1, -0.05) is 0 Å². The highest BCUT2D eigenvalue weighted by atomic mass is 32.2. The highest BCUT2D eigenvalue weighted by Gasteiger charge is 2.31. The zero-order valence-corrected chi connectivity index (χ0v) is 11.9. The lowest BCUT2D eigenvalue weighted by Gasteiger charge is -2.35. The summed E-state index contributed by atoms with van der Waals surface area (Å²) in [5.74, 6) is 2.21. The summed E-state index contributed by atoms with van der Waals surface area (Å²) in [5, 5.41) is -0.489. The van der Waals surface area contributed by atoms with Gasteiger partial charge < -0.3 is 10.6 Å². The third-order valence-electron chi connectivity index (χ3n) is 2.92. The molecule has 0 aromatic carbocycles. The molecule has 18 heavy (non-hydrogen) atoms. The molecule has 1 aromatic heterocycles. The van der Waals surface area contributed by atoms with E-state index in [0.717, 1.165) is 11.3 Å². The normalized spacial score (nSPS) is 21.0. The predicted molar refractivity (Wildman–Crippen MR) is 75.4 cm³/mol. The standard InChI is InChI=1S/C11H17N3O2S2/c1-18(15,16)11-8-17-5-4-14(11)10-6-9(7-12)2-3-13-10/h2-3,6,11H,4-5,7-8,12H2,1H3. The van der Waals surface area contributed by atoms with Crippen molar-refractivity contribution < 1.29 is 8.42 Å². The van der Waals surface area contributed by atoms with Crippen molar-refractivity contribution >= 4 is 27.4 Å². The van der Waals surface area contributed by atoms with Gasteiger partial charge in [-0.25, -0.2) is 13.4 Å². The Balaban J connectivity index is 2.33. The van der Waals surface area contributed by atoms with Gasteiger partial charge in [0.1, 0.15) is 11.2 Å². The van der Waals surface area contributed by atoms with Gasteiger partial charge in [-0.3, -0.25) is 0 Å². The first-order chi connectivity index (χ1) is 8.52. The van der Waals surface area contributed by atoms with Crippen LogP contribution in [0.4, 0.5) is 5.82 Å². The van der Waals surface area contributed by atoms with E-state index in [1.165, 1.54) is 6.26 Å². The molecule has 1 aromatic rings. The Hall–Kier alpha value is -0.790. The first-order valence-electron chi connectivity index (χ1n) is 5.70. The fourth-order valence-corrected chi connectivity index (χ4v) is 4.77. The summed E-state index contributed by atoms with van der Waals surface area (Å²) >= 11 is 1.66. The molecule has 0 aliphatic carbocycles. The zero-order chi connectivity index (χ0) is 13.2. The Bertz CT molecular complexity index is 519. The third kappa shape index (κ3) is 2.96. The highest BCUT2D eigenvalue weighted by Crippen LogP contribution is 2.25. The molecule has 0 radical (unpaired) electrons. The van der Waals surface area contributed by atoms with Gasteiger partial charge in [0, 0.05) is 37.0 Å². The van der Waals surface area contributed by atoms with Crippen molar-refractivity contribution in [3.8, 4) is 0 Å². The van der Waals surface area contributed by atoms with Crippen LogP contribution >= 0.6 is 11.8 Å². The van der Waals surface area contributed by atoms with Crippen LogP contribution in [0.1, 0.15) is 5.56 Å². The lowest BCUT2D eigenvalue weighted by molar-refractivity contribution is 0.583. The van der Waals surface area contributed by atoms with Gasteiger partial charge in [-0.15, -0.1) is 0 Å². The molecule has 0 saturated carbocycles.